The lowest BCUT2D eigenvalue weighted by atomic mass is 10.2. The fraction of sp³-hybridized carbons (Fsp3) is 0.714. The highest BCUT2D eigenvalue weighted by Gasteiger charge is 2.53. The summed E-state index contributed by atoms with van der Waals surface area (Å²) in [6.07, 6.45) is 1.15. The predicted octanol–water partition coefficient (Wildman–Crippen LogP) is -0.812. The average Bonchev–Trinajstić information content (AvgIpc) is 3.01. The summed E-state index contributed by atoms with van der Waals surface area (Å²) in [6.45, 7) is 1.40. The van der Waals surface area contributed by atoms with E-state index in [1.807, 2.05) is 6.92 Å². The number of fused-ring (bicyclic) bond motifs is 1. The number of nitrogens with one attached hydrogen (secondary N) is 1. The van der Waals surface area contributed by atoms with E-state index in [0.717, 1.165) is 0 Å². The number of likely N-dealkylation sites (N-methyl/N-ethyl adjacent to an activating group) is 2. The van der Waals surface area contributed by atoms with E-state index in [1.54, 1.807) is 16.7 Å². The van der Waals surface area contributed by atoms with Gasteiger partial charge in [0.2, 0.25) is 11.8 Å². The molecule has 1 N–H and O–H groups in total. The highest BCUT2D eigenvalue weighted by atomic mass is 32.2. The van der Waals surface area contributed by atoms with E-state index in [4.69, 9.17) is 4.74 Å². The molecule has 0 aromatic rings. The molecule has 2 heterocycles. The summed E-state index contributed by atoms with van der Waals surface area (Å²) in [7, 11) is 2.93. The number of carbonyl (C=O) groups excluding carboxylic acids is 4. The summed E-state index contributed by atoms with van der Waals surface area (Å²) < 4.78 is 5.06. The normalized spacial score (nSPS) is 26.0. The van der Waals surface area contributed by atoms with Crippen LogP contribution < -0.4 is 5.32 Å². The second-order valence-corrected chi connectivity index (χ2v) is 7.30. The van der Waals surface area contributed by atoms with E-state index < -0.39 is 24.5 Å². The third kappa shape index (κ3) is 3.60. The summed E-state index contributed by atoms with van der Waals surface area (Å²) >= 11 is 1.56. The van der Waals surface area contributed by atoms with Crippen LogP contribution in [-0.4, -0.2) is 77.4 Å². The van der Waals surface area contributed by atoms with Crippen LogP contribution in [0.4, 0.5) is 0 Å². The van der Waals surface area contributed by atoms with Gasteiger partial charge < -0.3 is 19.9 Å². The van der Waals surface area contributed by atoms with E-state index >= 15 is 0 Å². The molecule has 9 heteroatoms. The molecule has 0 bridgehead atoms. The van der Waals surface area contributed by atoms with Crippen molar-refractivity contribution in [3.8, 4) is 0 Å². The van der Waals surface area contributed by atoms with Gasteiger partial charge in [-0.05, 0) is 13.3 Å². The Balaban J connectivity index is 1.87. The molecule has 0 unspecified atom stereocenters. The lowest BCUT2D eigenvalue weighted by molar-refractivity contribution is -0.158. The van der Waals surface area contributed by atoms with Gasteiger partial charge in [0.15, 0.2) is 6.61 Å². The summed E-state index contributed by atoms with van der Waals surface area (Å²) in [6, 6.07) is -0.642. The minimum Gasteiger partial charge on any atom is -0.454 e. The van der Waals surface area contributed by atoms with Crippen LogP contribution in [0.2, 0.25) is 0 Å². The maximum absolute atomic E-state index is 12.2. The van der Waals surface area contributed by atoms with E-state index in [0.29, 0.717) is 18.6 Å². The van der Waals surface area contributed by atoms with Gasteiger partial charge in [-0.2, -0.15) is 0 Å². The number of carbonyl (C=O) groups is 4. The zero-order valence-electron chi connectivity index (χ0n) is 13.5. The zero-order chi connectivity index (χ0) is 17.2. The molecule has 0 spiro atoms. The standard InChI is InChI=1S/C14H21N3O5S/c1-14-5-4-11(19)17(14)9(8-23-14)13(21)22-7-12(20)16(3)6-10(18)15-2/h9H,4-8H2,1-3H3,(H,15,18)/t9-,14-/m0/s1. The Bertz CT molecular complexity index is 541. The van der Waals surface area contributed by atoms with Gasteiger partial charge >= 0.3 is 5.97 Å². The number of nitrogens with zero attached hydrogens (tertiary/aromatic N) is 2. The number of amides is 3. The van der Waals surface area contributed by atoms with Crippen molar-refractivity contribution in [1.82, 2.24) is 15.1 Å². The van der Waals surface area contributed by atoms with Crippen molar-refractivity contribution in [1.29, 1.82) is 0 Å². The Kier molecular flexibility index (Phi) is 5.18. The van der Waals surface area contributed by atoms with Gasteiger partial charge in [-0.1, -0.05) is 0 Å². The minimum absolute atomic E-state index is 0.0532. The molecular formula is C14H21N3O5S. The molecule has 2 aliphatic rings. The van der Waals surface area contributed by atoms with Crippen LogP contribution in [0.3, 0.4) is 0 Å². The van der Waals surface area contributed by atoms with E-state index in [1.165, 1.54) is 19.0 Å². The highest BCUT2D eigenvalue weighted by molar-refractivity contribution is 8.01. The molecule has 2 atom stereocenters. The second kappa shape index (κ2) is 6.77. The van der Waals surface area contributed by atoms with Crippen molar-refractivity contribution in [2.45, 2.75) is 30.7 Å². The van der Waals surface area contributed by atoms with Crippen LogP contribution >= 0.6 is 11.8 Å². The first-order chi connectivity index (χ1) is 10.8. The number of thioether (sulfide) groups is 1. The smallest absolute Gasteiger partial charge is 0.330 e. The summed E-state index contributed by atoms with van der Waals surface area (Å²) in [5, 5.41) is 2.41. The molecule has 2 fully saturated rings. The fourth-order valence-corrected chi connectivity index (χ4v) is 4.13. The van der Waals surface area contributed by atoms with Gasteiger partial charge in [-0.25, -0.2) is 4.79 Å². The molecule has 0 saturated carbocycles. The Labute approximate surface area is 138 Å². The van der Waals surface area contributed by atoms with Crippen molar-refractivity contribution in [3.05, 3.63) is 0 Å². The van der Waals surface area contributed by atoms with Crippen molar-refractivity contribution >= 4 is 35.5 Å². The number of hydrogen-bond acceptors (Lipinski definition) is 6. The quantitative estimate of drug-likeness (QED) is 0.656. The first-order valence-electron chi connectivity index (χ1n) is 7.36. The SMILES string of the molecule is CNC(=O)CN(C)C(=O)COC(=O)[C@@H]1CS[C@@]2(C)CCC(=O)N12. The monoisotopic (exact) mass is 343 g/mol. The van der Waals surface area contributed by atoms with Crippen molar-refractivity contribution in [2.75, 3.05) is 33.0 Å². The van der Waals surface area contributed by atoms with Crippen molar-refractivity contribution < 1.29 is 23.9 Å². The zero-order valence-corrected chi connectivity index (χ0v) is 14.3. The number of esters is 1. The molecule has 2 rings (SSSR count). The third-order valence-corrected chi connectivity index (χ3v) is 5.65. The minimum atomic E-state index is -0.642. The van der Waals surface area contributed by atoms with Gasteiger partial charge in [0.05, 0.1) is 11.4 Å². The largest absolute Gasteiger partial charge is 0.454 e. The van der Waals surface area contributed by atoms with Crippen LogP contribution in [0.1, 0.15) is 19.8 Å². The van der Waals surface area contributed by atoms with E-state index in [9.17, 15) is 19.2 Å². The summed E-state index contributed by atoms with van der Waals surface area (Å²) in [5.41, 5.74) is 0. The van der Waals surface area contributed by atoms with Crippen molar-refractivity contribution in [3.63, 3.8) is 0 Å². The Hall–Kier alpha value is -1.77. The predicted molar refractivity (Wildman–Crippen MR) is 83.4 cm³/mol. The molecule has 8 nitrogen and oxygen atoms in total. The lowest BCUT2D eigenvalue weighted by Crippen LogP contribution is -2.47. The number of ether oxygens (including phenoxy) is 1. The van der Waals surface area contributed by atoms with Crippen LogP contribution in [0.25, 0.3) is 0 Å². The highest BCUT2D eigenvalue weighted by Crippen LogP contribution is 2.47. The van der Waals surface area contributed by atoms with Crippen LogP contribution in [0.5, 0.6) is 0 Å². The average molecular weight is 343 g/mol. The first kappa shape index (κ1) is 17.6. The molecular weight excluding hydrogens is 322 g/mol. The number of hydrogen-bond donors (Lipinski definition) is 1. The molecule has 128 valence electrons. The Morgan fingerprint density at radius 3 is 2.83 bits per heavy atom. The molecule has 0 aliphatic carbocycles. The molecule has 3 amide bonds. The molecule has 0 radical (unpaired) electrons. The molecule has 2 aliphatic heterocycles. The number of rotatable bonds is 5. The summed E-state index contributed by atoms with van der Waals surface area (Å²) in [5.74, 6) is -0.926. The third-order valence-electron chi connectivity index (χ3n) is 4.14. The maximum Gasteiger partial charge on any atom is 0.330 e. The first-order valence-corrected chi connectivity index (χ1v) is 8.34. The van der Waals surface area contributed by atoms with Crippen molar-refractivity contribution in [2.24, 2.45) is 0 Å². The Morgan fingerprint density at radius 1 is 1.48 bits per heavy atom. The van der Waals surface area contributed by atoms with Crippen LogP contribution in [-0.2, 0) is 23.9 Å². The lowest BCUT2D eigenvalue weighted by Gasteiger charge is -2.29. The molecule has 0 aromatic heterocycles. The van der Waals surface area contributed by atoms with E-state index in [2.05, 4.69) is 5.32 Å². The maximum atomic E-state index is 12.2. The van der Waals surface area contributed by atoms with Crippen LogP contribution in [0.15, 0.2) is 0 Å². The van der Waals surface area contributed by atoms with Gasteiger partial charge in [-0.15, -0.1) is 11.8 Å². The Morgan fingerprint density at radius 2 is 2.17 bits per heavy atom. The topological polar surface area (TPSA) is 96.0 Å². The van der Waals surface area contributed by atoms with E-state index in [-0.39, 0.29) is 23.2 Å². The van der Waals surface area contributed by atoms with Crippen LogP contribution in [0, 0.1) is 0 Å². The molecule has 2 saturated heterocycles. The second-order valence-electron chi connectivity index (χ2n) is 5.80. The molecule has 23 heavy (non-hydrogen) atoms. The van der Waals surface area contributed by atoms with Gasteiger partial charge in [0.25, 0.3) is 5.91 Å². The molecule has 0 aromatic carbocycles. The fourth-order valence-electron chi connectivity index (χ4n) is 2.72. The van der Waals surface area contributed by atoms with Gasteiger partial charge in [0.1, 0.15) is 6.04 Å². The summed E-state index contributed by atoms with van der Waals surface area (Å²) in [4.78, 5) is 49.6. The van der Waals surface area contributed by atoms with Gasteiger partial charge in [-0.3, -0.25) is 14.4 Å². The van der Waals surface area contributed by atoms with Gasteiger partial charge in [0, 0.05) is 26.3 Å².